The molecule has 7 heteroatoms. The summed E-state index contributed by atoms with van der Waals surface area (Å²) in [5.74, 6) is 1.05. The number of hydrogen-bond donors (Lipinski definition) is 0. The molecular weight excluding hydrogens is 292 g/mol. The maximum Gasteiger partial charge on any atom is 0.244 e. The molecule has 114 valence electrons. The predicted octanol–water partition coefficient (Wildman–Crippen LogP) is 2.39. The van der Waals surface area contributed by atoms with Crippen LogP contribution in [0.15, 0.2) is 12.1 Å². The molecule has 0 spiro atoms. The van der Waals surface area contributed by atoms with Gasteiger partial charge < -0.3 is 9.64 Å². The van der Waals surface area contributed by atoms with Crippen molar-refractivity contribution in [1.82, 2.24) is 19.4 Å². The fourth-order valence-electron chi connectivity index (χ4n) is 2.23. The van der Waals surface area contributed by atoms with E-state index in [9.17, 15) is 4.79 Å². The van der Waals surface area contributed by atoms with E-state index in [0.29, 0.717) is 22.9 Å². The Morgan fingerprint density at radius 2 is 2.00 bits per heavy atom. The van der Waals surface area contributed by atoms with Gasteiger partial charge in [-0.2, -0.15) is 4.98 Å². The maximum absolute atomic E-state index is 12.3. The zero-order valence-corrected chi connectivity index (χ0v) is 13.5. The van der Waals surface area contributed by atoms with Crippen LogP contribution in [0.3, 0.4) is 0 Å². The molecule has 0 saturated carbocycles. The van der Waals surface area contributed by atoms with Gasteiger partial charge in [-0.1, -0.05) is 0 Å². The average molecular weight is 311 g/mol. The number of rotatable bonds is 4. The van der Waals surface area contributed by atoms with E-state index < -0.39 is 6.04 Å². The number of fused-ring (bicyclic) bond motifs is 1. The van der Waals surface area contributed by atoms with Gasteiger partial charge in [-0.15, -0.1) is 11.6 Å². The second kappa shape index (κ2) is 5.89. The topological polar surface area (TPSA) is 60.3 Å². The monoisotopic (exact) mass is 310 g/mol. The number of amides is 1. The smallest absolute Gasteiger partial charge is 0.244 e. The fraction of sp³-hybridized carbons (Fsp3) is 0.500. The molecule has 0 saturated heterocycles. The number of aromatic nitrogens is 3. The minimum Gasteiger partial charge on any atom is -0.481 e. The molecular formula is C14H19ClN4O2. The molecule has 0 aliphatic heterocycles. The highest BCUT2D eigenvalue weighted by Gasteiger charge is 2.25. The summed E-state index contributed by atoms with van der Waals surface area (Å²) in [6, 6.07) is 3.11. The molecule has 0 radical (unpaired) electrons. The number of alkyl halides is 1. The number of likely N-dealkylation sites (N-methyl/N-ethyl adjacent to an activating group) is 1. The van der Waals surface area contributed by atoms with E-state index in [0.717, 1.165) is 0 Å². The molecule has 0 bridgehead atoms. The second-order valence-electron chi connectivity index (χ2n) is 5.06. The predicted molar refractivity (Wildman–Crippen MR) is 81.8 cm³/mol. The average Bonchev–Trinajstić information content (AvgIpc) is 2.83. The van der Waals surface area contributed by atoms with Crippen LogP contribution in [0.25, 0.3) is 11.2 Å². The maximum atomic E-state index is 12.3. The number of carbonyl (C=O) groups excluding carboxylic acids is 1. The lowest BCUT2D eigenvalue weighted by Gasteiger charge is -2.21. The van der Waals surface area contributed by atoms with Gasteiger partial charge in [-0.3, -0.25) is 9.36 Å². The van der Waals surface area contributed by atoms with Crippen LogP contribution in [0.2, 0.25) is 0 Å². The largest absolute Gasteiger partial charge is 0.481 e. The first kappa shape index (κ1) is 15.6. The standard InChI is InChI=1S/C14H19ClN4O2/c1-8(15)12-16-10-6-7-11(21-5)17-13(10)19(12)9(2)14(20)18(3)4/h6-9H,1-5H3. The first-order valence-electron chi connectivity index (χ1n) is 6.65. The van der Waals surface area contributed by atoms with E-state index in [1.54, 1.807) is 36.7 Å². The molecule has 6 nitrogen and oxygen atoms in total. The molecule has 2 heterocycles. The number of carbonyl (C=O) groups is 1. The summed E-state index contributed by atoms with van der Waals surface area (Å²) in [5.41, 5.74) is 1.29. The van der Waals surface area contributed by atoms with Crippen molar-refractivity contribution in [3.8, 4) is 5.88 Å². The fourth-order valence-corrected chi connectivity index (χ4v) is 2.39. The van der Waals surface area contributed by atoms with Crippen LogP contribution in [0.1, 0.15) is 31.1 Å². The number of imidazole rings is 1. The van der Waals surface area contributed by atoms with Crippen molar-refractivity contribution in [1.29, 1.82) is 0 Å². The van der Waals surface area contributed by atoms with E-state index in [4.69, 9.17) is 16.3 Å². The van der Waals surface area contributed by atoms with Gasteiger partial charge in [0, 0.05) is 20.2 Å². The summed E-state index contributed by atoms with van der Waals surface area (Å²) >= 11 is 6.21. The van der Waals surface area contributed by atoms with E-state index in [2.05, 4.69) is 9.97 Å². The van der Waals surface area contributed by atoms with E-state index in [1.807, 2.05) is 19.9 Å². The van der Waals surface area contributed by atoms with Crippen LogP contribution in [0.4, 0.5) is 0 Å². The Labute approximate surface area is 128 Å². The van der Waals surface area contributed by atoms with Gasteiger partial charge in [0.25, 0.3) is 0 Å². The van der Waals surface area contributed by atoms with Gasteiger partial charge >= 0.3 is 0 Å². The minimum absolute atomic E-state index is 0.0440. The van der Waals surface area contributed by atoms with Gasteiger partial charge in [0.05, 0.1) is 12.5 Å². The van der Waals surface area contributed by atoms with Crippen LogP contribution in [0.5, 0.6) is 5.88 Å². The van der Waals surface area contributed by atoms with Crippen LogP contribution in [-0.4, -0.2) is 46.5 Å². The Balaban J connectivity index is 2.67. The van der Waals surface area contributed by atoms with Crippen molar-refractivity contribution in [2.45, 2.75) is 25.3 Å². The molecule has 0 aromatic carbocycles. The summed E-state index contributed by atoms with van der Waals surface area (Å²) in [6.45, 7) is 3.64. The van der Waals surface area contributed by atoms with Crippen LogP contribution in [0, 0.1) is 0 Å². The highest BCUT2D eigenvalue weighted by atomic mass is 35.5. The molecule has 0 aliphatic carbocycles. The molecule has 2 aromatic heterocycles. The Kier molecular flexibility index (Phi) is 4.37. The zero-order valence-electron chi connectivity index (χ0n) is 12.8. The lowest BCUT2D eigenvalue weighted by atomic mass is 10.2. The molecule has 2 unspecified atom stereocenters. The van der Waals surface area contributed by atoms with Crippen LogP contribution >= 0.6 is 11.6 Å². The van der Waals surface area contributed by atoms with Gasteiger partial charge in [0.15, 0.2) is 5.65 Å². The number of pyridine rings is 1. The summed E-state index contributed by atoms with van der Waals surface area (Å²) in [5, 5.41) is -0.331. The number of nitrogens with zero attached hydrogens (tertiary/aromatic N) is 4. The second-order valence-corrected chi connectivity index (χ2v) is 5.72. The Morgan fingerprint density at radius 3 is 2.52 bits per heavy atom. The lowest BCUT2D eigenvalue weighted by Crippen LogP contribution is -2.31. The third-order valence-electron chi connectivity index (χ3n) is 3.29. The van der Waals surface area contributed by atoms with Gasteiger partial charge in [-0.25, -0.2) is 4.98 Å². The SMILES string of the molecule is COc1ccc2nc(C(C)Cl)n(C(C)C(=O)N(C)C)c2n1. The third kappa shape index (κ3) is 2.81. The molecule has 0 aliphatic rings. The number of methoxy groups -OCH3 is 1. The number of halogens is 1. The van der Waals surface area contributed by atoms with E-state index in [-0.39, 0.29) is 11.3 Å². The van der Waals surface area contributed by atoms with Crippen molar-refractivity contribution < 1.29 is 9.53 Å². The van der Waals surface area contributed by atoms with Crippen LogP contribution < -0.4 is 4.74 Å². The number of ether oxygens (including phenoxy) is 1. The third-order valence-corrected chi connectivity index (χ3v) is 3.48. The van der Waals surface area contributed by atoms with Gasteiger partial charge in [0.1, 0.15) is 17.4 Å². The first-order valence-corrected chi connectivity index (χ1v) is 7.08. The van der Waals surface area contributed by atoms with Crippen LogP contribution in [-0.2, 0) is 4.79 Å². The molecule has 2 atom stereocenters. The number of hydrogen-bond acceptors (Lipinski definition) is 4. The summed E-state index contributed by atoms with van der Waals surface area (Å²) < 4.78 is 6.93. The van der Waals surface area contributed by atoms with E-state index in [1.165, 1.54) is 0 Å². The van der Waals surface area contributed by atoms with Crippen molar-refractivity contribution in [2.24, 2.45) is 0 Å². The molecule has 1 amide bonds. The van der Waals surface area contributed by atoms with Crippen molar-refractivity contribution in [3.63, 3.8) is 0 Å². The Hall–Kier alpha value is -1.82. The van der Waals surface area contributed by atoms with Gasteiger partial charge in [0.2, 0.25) is 11.8 Å². The Bertz CT molecular complexity index is 666. The molecule has 2 aromatic rings. The summed E-state index contributed by atoms with van der Waals surface area (Å²) in [4.78, 5) is 22.7. The van der Waals surface area contributed by atoms with Crippen molar-refractivity contribution in [2.75, 3.05) is 21.2 Å². The highest BCUT2D eigenvalue weighted by molar-refractivity contribution is 6.20. The molecule has 0 N–H and O–H groups in total. The van der Waals surface area contributed by atoms with Crippen molar-refractivity contribution >= 4 is 28.7 Å². The Morgan fingerprint density at radius 1 is 1.33 bits per heavy atom. The summed E-state index contributed by atoms with van der Waals surface area (Å²) in [6.07, 6.45) is 0. The molecule has 21 heavy (non-hydrogen) atoms. The van der Waals surface area contributed by atoms with E-state index >= 15 is 0 Å². The first-order chi connectivity index (χ1) is 9.86. The van der Waals surface area contributed by atoms with Gasteiger partial charge in [-0.05, 0) is 19.9 Å². The molecule has 2 rings (SSSR count). The zero-order chi connectivity index (χ0) is 15.7. The highest BCUT2D eigenvalue weighted by Crippen LogP contribution is 2.28. The quantitative estimate of drug-likeness (QED) is 0.814. The van der Waals surface area contributed by atoms with Crippen molar-refractivity contribution in [3.05, 3.63) is 18.0 Å². The normalized spacial score (nSPS) is 14.0. The minimum atomic E-state index is -0.444. The lowest BCUT2D eigenvalue weighted by molar-refractivity contribution is -0.131. The molecule has 0 fully saturated rings. The summed E-state index contributed by atoms with van der Waals surface area (Å²) in [7, 11) is 4.99.